The minimum absolute atomic E-state index is 0.0329. The van der Waals surface area contributed by atoms with E-state index in [-0.39, 0.29) is 6.03 Å². The molecule has 0 bridgehead atoms. The van der Waals surface area contributed by atoms with Crippen molar-refractivity contribution in [2.45, 2.75) is 20.3 Å². The largest absolute Gasteiger partial charge is 0.353 e. The van der Waals surface area contributed by atoms with Gasteiger partial charge in [0.15, 0.2) is 0 Å². The van der Waals surface area contributed by atoms with Crippen LogP contribution in [0.3, 0.4) is 0 Å². The monoisotopic (exact) mass is 325 g/mol. The van der Waals surface area contributed by atoms with Gasteiger partial charge in [0, 0.05) is 43.6 Å². The molecule has 2 heterocycles. The lowest BCUT2D eigenvalue weighted by Crippen LogP contribution is -2.50. The highest BCUT2D eigenvalue weighted by atomic mass is 16.2. The van der Waals surface area contributed by atoms with Crippen molar-refractivity contribution >= 4 is 17.5 Å². The molecule has 0 atom stereocenters. The highest BCUT2D eigenvalue weighted by molar-refractivity contribution is 5.90. The molecule has 2 aromatic rings. The quantitative estimate of drug-likeness (QED) is 0.942. The lowest BCUT2D eigenvalue weighted by atomic mass is 10.1. The number of carbonyl (C=O) groups excluding carboxylic acids is 1. The number of nitrogens with zero attached hydrogens (tertiary/aromatic N) is 4. The zero-order chi connectivity index (χ0) is 16.9. The Bertz CT molecular complexity index is 710. The summed E-state index contributed by atoms with van der Waals surface area (Å²) in [6.07, 6.45) is 2.49. The van der Waals surface area contributed by atoms with E-state index in [9.17, 15) is 4.79 Å². The van der Waals surface area contributed by atoms with Gasteiger partial charge < -0.3 is 15.1 Å². The van der Waals surface area contributed by atoms with Gasteiger partial charge in [-0.15, -0.1) is 0 Å². The average Bonchev–Trinajstić information content (AvgIpc) is 2.62. The van der Waals surface area contributed by atoms with Crippen molar-refractivity contribution in [2.75, 3.05) is 36.4 Å². The van der Waals surface area contributed by atoms with Gasteiger partial charge in [0.1, 0.15) is 12.1 Å². The summed E-state index contributed by atoms with van der Waals surface area (Å²) in [7, 11) is 0. The van der Waals surface area contributed by atoms with Crippen LogP contribution in [0.2, 0.25) is 0 Å². The molecule has 0 radical (unpaired) electrons. The van der Waals surface area contributed by atoms with Gasteiger partial charge >= 0.3 is 6.03 Å². The van der Waals surface area contributed by atoms with Crippen LogP contribution in [0.1, 0.15) is 18.2 Å². The Morgan fingerprint density at radius 1 is 1.17 bits per heavy atom. The molecule has 1 aliphatic heterocycles. The molecule has 1 fully saturated rings. The highest BCUT2D eigenvalue weighted by Crippen LogP contribution is 2.18. The van der Waals surface area contributed by atoms with E-state index in [1.54, 1.807) is 6.33 Å². The van der Waals surface area contributed by atoms with Gasteiger partial charge in [-0.2, -0.15) is 0 Å². The van der Waals surface area contributed by atoms with Crippen LogP contribution in [0, 0.1) is 6.92 Å². The highest BCUT2D eigenvalue weighted by Gasteiger charge is 2.22. The maximum Gasteiger partial charge on any atom is 0.321 e. The smallest absolute Gasteiger partial charge is 0.321 e. The first-order chi connectivity index (χ1) is 11.7. The van der Waals surface area contributed by atoms with Crippen molar-refractivity contribution in [1.82, 2.24) is 14.9 Å². The maximum atomic E-state index is 12.5. The van der Waals surface area contributed by atoms with Gasteiger partial charge in [0.2, 0.25) is 0 Å². The Hall–Kier alpha value is -2.63. The molecule has 3 rings (SSSR count). The van der Waals surface area contributed by atoms with Crippen LogP contribution in [-0.2, 0) is 6.42 Å². The van der Waals surface area contributed by atoms with Crippen molar-refractivity contribution in [1.29, 1.82) is 0 Å². The number of rotatable bonds is 3. The topological polar surface area (TPSA) is 61.4 Å². The number of urea groups is 1. The number of anilines is 2. The summed E-state index contributed by atoms with van der Waals surface area (Å²) in [5.41, 5.74) is 3.01. The molecule has 1 aromatic carbocycles. The molecule has 0 saturated carbocycles. The lowest BCUT2D eigenvalue weighted by Gasteiger charge is -2.35. The van der Waals surface area contributed by atoms with Crippen molar-refractivity contribution in [2.24, 2.45) is 0 Å². The predicted molar refractivity (Wildman–Crippen MR) is 95.4 cm³/mol. The molecule has 1 aliphatic rings. The first kappa shape index (κ1) is 16.2. The second-order valence-electron chi connectivity index (χ2n) is 5.93. The molecule has 0 spiro atoms. The van der Waals surface area contributed by atoms with Crippen molar-refractivity contribution in [3.63, 3.8) is 0 Å². The van der Waals surface area contributed by atoms with Crippen LogP contribution in [-0.4, -0.2) is 47.1 Å². The van der Waals surface area contributed by atoms with E-state index < -0.39 is 0 Å². The number of amides is 2. The Morgan fingerprint density at radius 3 is 2.62 bits per heavy atom. The fourth-order valence-corrected chi connectivity index (χ4v) is 2.90. The summed E-state index contributed by atoms with van der Waals surface area (Å²) in [4.78, 5) is 25.0. The molecule has 1 aromatic heterocycles. The van der Waals surface area contributed by atoms with Crippen LogP contribution >= 0.6 is 0 Å². The van der Waals surface area contributed by atoms with E-state index in [2.05, 4.69) is 27.1 Å². The molecule has 0 aliphatic carbocycles. The van der Waals surface area contributed by atoms with Crippen LogP contribution in [0.4, 0.5) is 16.3 Å². The van der Waals surface area contributed by atoms with Crippen LogP contribution in [0.25, 0.3) is 0 Å². The van der Waals surface area contributed by atoms with Crippen molar-refractivity contribution in [3.8, 4) is 0 Å². The number of piperazine rings is 1. The van der Waals surface area contributed by atoms with Gasteiger partial charge in [-0.1, -0.05) is 25.1 Å². The van der Waals surface area contributed by atoms with E-state index in [1.807, 2.05) is 42.2 Å². The number of benzene rings is 1. The predicted octanol–water partition coefficient (Wildman–Crippen LogP) is 2.70. The SMILES string of the molecule is CCc1ccccc1NC(=O)N1CCN(c2cc(C)ncn2)CC1. The number of hydrogen-bond acceptors (Lipinski definition) is 4. The van der Waals surface area contributed by atoms with E-state index in [0.29, 0.717) is 13.1 Å². The Balaban J connectivity index is 1.59. The summed E-state index contributed by atoms with van der Waals surface area (Å²) >= 11 is 0. The second-order valence-corrected chi connectivity index (χ2v) is 5.93. The molecular weight excluding hydrogens is 302 g/mol. The van der Waals surface area contributed by atoms with Crippen LogP contribution < -0.4 is 10.2 Å². The van der Waals surface area contributed by atoms with Crippen LogP contribution in [0.5, 0.6) is 0 Å². The number of nitrogens with one attached hydrogen (secondary N) is 1. The van der Waals surface area contributed by atoms with Gasteiger partial charge in [-0.3, -0.25) is 0 Å². The third-order valence-electron chi connectivity index (χ3n) is 4.32. The molecular formula is C18H23N5O. The summed E-state index contributed by atoms with van der Waals surface area (Å²) in [6.45, 7) is 6.97. The zero-order valence-corrected chi connectivity index (χ0v) is 14.2. The number of hydrogen-bond donors (Lipinski definition) is 1. The van der Waals surface area contributed by atoms with Crippen LogP contribution in [0.15, 0.2) is 36.7 Å². The molecule has 1 N–H and O–H groups in total. The standard InChI is InChI=1S/C18H23N5O/c1-3-15-6-4-5-7-16(15)21-18(24)23-10-8-22(9-11-23)17-12-14(2)19-13-20-17/h4-7,12-13H,3,8-11H2,1-2H3,(H,21,24). The van der Waals surface area contributed by atoms with Crippen molar-refractivity contribution < 1.29 is 4.79 Å². The zero-order valence-electron chi connectivity index (χ0n) is 14.2. The number of para-hydroxylation sites is 1. The number of aryl methyl sites for hydroxylation is 2. The fraction of sp³-hybridized carbons (Fsp3) is 0.389. The third-order valence-corrected chi connectivity index (χ3v) is 4.32. The molecule has 1 saturated heterocycles. The van der Waals surface area contributed by atoms with Gasteiger partial charge in [0.25, 0.3) is 0 Å². The average molecular weight is 325 g/mol. The first-order valence-corrected chi connectivity index (χ1v) is 8.35. The van der Waals surface area contributed by atoms with E-state index in [4.69, 9.17) is 0 Å². The summed E-state index contributed by atoms with van der Waals surface area (Å²) in [5, 5.41) is 3.04. The Morgan fingerprint density at radius 2 is 1.92 bits per heavy atom. The van der Waals surface area contributed by atoms with Crippen molar-refractivity contribution in [3.05, 3.63) is 47.9 Å². The minimum atomic E-state index is -0.0329. The summed E-state index contributed by atoms with van der Waals surface area (Å²) in [5.74, 6) is 0.930. The Labute approximate surface area is 142 Å². The first-order valence-electron chi connectivity index (χ1n) is 8.35. The molecule has 6 nitrogen and oxygen atoms in total. The van der Waals surface area contributed by atoms with E-state index in [1.165, 1.54) is 0 Å². The number of aromatic nitrogens is 2. The summed E-state index contributed by atoms with van der Waals surface area (Å²) < 4.78 is 0. The third kappa shape index (κ3) is 3.64. The normalized spacial score (nSPS) is 14.6. The summed E-state index contributed by atoms with van der Waals surface area (Å²) in [6, 6.07) is 9.89. The second kappa shape index (κ2) is 7.29. The maximum absolute atomic E-state index is 12.5. The fourth-order valence-electron chi connectivity index (χ4n) is 2.90. The molecule has 0 unspecified atom stereocenters. The molecule has 126 valence electrons. The van der Waals surface area contributed by atoms with Gasteiger partial charge in [0.05, 0.1) is 0 Å². The molecule has 24 heavy (non-hydrogen) atoms. The Kier molecular flexibility index (Phi) is 4.93. The van der Waals surface area contributed by atoms with Gasteiger partial charge in [-0.05, 0) is 25.0 Å². The minimum Gasteiger partial charge on any atom is -0.353 e. The number of carbonyl (C=O) groups is 1. The van der Waals surface area contributed by atoms with Gasteiger partial charge in [-0.25, -0.2) is 14.8 Å². The molecule has 6 heteroatoms. The molecule has 2 amide bonds. The lowest BCUT2D eigenvalue weighted by molar-refractivity contribution is 0.208. The van der Waals surface area contributed by atoms with E-state index >= 15 is 0 Å². The van der Waals surface area contributed by atoms with E-state index in [0.717, 1.165) is 42.3 Å².